The van der Waals surface area contributed by atoms with E-state index in [4.69, 9.17) is 9.84 Å². The Morgan fingerprint density at radius 2 is 2.19 bits per heavy atom. The molecule has 0 amide bonds. The van der Waals surface area contributed by atoms with Gasteiger partial charge in [0.25, 0.3) is 0 Å². The Bertz CT molecular complexity index is 393. The minimum Gasteiger partial charge on any atom is -0.503 e. The maximum absolute atomic E-state index is 9.63. The van der Waals surface area contributed by atoms with E-state index in [-0.39, 0.29) is 12.4 Å². The van der Waals surface area contributed by atoms with Gasteiger partial charge in [0.2, 0.25) is 0 Å². The lowest BCUT2D eigenvalue weighted by Crippen LogP contribution is -1.90. The number of aromatic hydroxyl groups is 1. The predicted molar refractivity (Wildman–Crippen MR) is 67.7 cm³/mol. The number of rotatable bonds is 4. The highest BCUT2D eigenvalue weighted by Crippen LogP contribution is 2.35. The smallest absolute Gasteiger partial charge is 0.172 e. The first kappa shape index (κ1) is 13.1. The van der Waals surface area contributed by atoms with Crippen molar-refractivity contribution in [3.05, 3.63) is 27.7 Å². The second-order valence-corrected chi connectivity index (χ2v) is 4.22. The molecule has 3 nitrogen and oxygen atoms in total. The van der Waals surface area contributed by atoms with Crippen LogP contribution in [-0.4, -0.2) is 23.9 Å². The summed E-state index contributed by atoms with van der Waals surface area (Å²) < 4.78 is 5.62. The van der Waals surface area contributed by atoms with Crippen LogP contribution in [0.25, 0.3) is 6.08 Å². The van der Waals surface area contributed by atoms with Crippen LogP contribution in [-0.2, 0) is 0 Å². The van der Waals surface area contributed by atoms with Crippen molar-refractivity contribution in [1.82, 2.24) is 0 Å². The highest BCUT2D eigenvalue weighted by molar-refractivity contribution is 9.10. The molecule has 0 aliphatic heterocycles. The molecule has 88 valence electrons. The number of halogens is 1. The second-order valence-electron chi connectivity index (χ2n) is 3.37. The van der Waals surface area contributed by atoms with Crippen LogP contribution in [0.5, 0.6) is 11.5 Å². The van der Waals surface area contributed by atoms with Crippen LogP contribution < -0.4 is 4.74 Å². The Morgan fingerprint density at radius 1 is 1.50 bits per heavy atom. The SMILES string of the molecule is CCC(=Cc1cc(Br)c(O)c(OC)c1)CO. The monoisotopic (exact) mass is 286 g/mol. The van der Waals surface area contributed by atoms with Gasteiger partial charge in [-0.15, -0.1) is 0 Å². The zero-order valence-corrected chi connectivity index (χ0v) is 10.9. The summed E-state index contributed by atoms with van der Waals surface area (Å²) in [6.07, 6.45) is 2.67. The molecular weight excluding hydrogens is 272 g/mol. The zero-order chi connectivity index (χ0) is 12.1. The average molecular weight is 287 g/mol. The number of phenols is 1. The maximum atomic E-state index is 9.63. The molecule has 0 radical (unpaired) electrons. The van der Waals surface area contributed by atoms with Gasteiger partial charge in [-0.05, 0) is 45.6 Å². The van der Waals surface area contributed by atoms with Gasteiger partial charge in [0, 0.05) is 0 Å². The molecule has 0 bridgehead atoms. The van der Waals surface area contributed by atoms with Crippen LogP contribution in [0.15, 0.2) is 22.2 Å². The molecule has 0 spiro atoms. The summed E-state index contributed by atoms with van der Waals surface area (Å²) in [5, 5.41) is 18.7. The summed E-state index contributed by atoms with van der Waals surface area (Å²) in [6.45, 7) is 2.02. The molecule has 1 aromatic rings. The molecule has 0 aromatic heterocycles. The fourth-order valence-electron chi connectivity index (χ4n) is 1.33. The summed E-state index contributed by atoms with van der Waals surface area (Å²) in [5.41, 5.74) is 1.81. The van der Waals surface area contributed by atoms with Crippen molar-refractivity contribution in [3.8, 4) is 11.5 Å². The van der Waals surface area contributed by atoms with Crippen molar-refractivity contribution in [3.63, 3.8) is 0 Å². The van der Waals surface area contributed by atoms with E-state index in [1.54, 1.807) is 12.1 Å². The number of benzene rings is 1. The van der Waals surface area contributed by atoms with Crippen LogP contribution in [0.4, 0.5) is 0 Å². The number of hydrogen-bond acceptors (Lipinski definition) is 3. The largest absolute Gasteiger partial charge is 0.503 e. The Morgan fingerprint density at radius 3 is 2.69 bits per heavy atom. The highest BCUT2D eigenvalue weighted by Gasteiger charge is 2.07. The van der Waals surface area contributed by atoms with Crippen molar-refractivity contribution in [2.45, 2.75) is 13.3 Å². The van der Waals surface area contributed by atoms with E-state index in [2.05, 4.69) is 15.9 Å². The Labute approximate surface area is 104 Å². The standard InChI is InChI=1S/C12H15BrO3/c1-3-8(7-14)4-9-5-10(13)12(15)11(6-9)16-2/h4-6,14-15H,3,7H2,1-2H3. The van der Waals surface area contributed by atoms with E-state index in [1.165, 1.54) is 7.11 Å². The quantitative estimate of drug-likeness (QED) is 0.895. The maximum Gasteiger partial charge on any atom is 0.172 e. The van der Waals surface area contributed by atoms with Gasteiger partial charge in [0.05, 0.1) is 18.2 Å². The van der Waals surface area contributed by atoms with Gasteiger partial charge in [0.1, 0.15) is 0 Å². The van der Waals surface area contributed by atoms with Gasteiger partial charge >= 0.3 is 0 Å². The third kappa shape index (κ3) is 3.00. The number of phenolic OH excluding ortho intramolecular Hbond substituents is 1. The van der Waals surface area contributed by atoms with Gasteiger partial charge in [-0.3, -0.25) is 0 Å². The van der Waals surface area contributed by atoms with Gasteiger partial charge in [-0.2, -0.15) is 0 Å². The molecule has 0 aliphatic carbocycles. The fraction of sp³-hybridized carbons (Fsp3) is 0.333. The van der Waals surface area contributed by atoms with Crippen molar-refractivity contribution >= 4 is 22.0 Å². The third-order valence-corrected chi connectivity index (χ3v) is 2.90. The summed E-state index contributed by atoms with van der Waals surface area (Å²) in [4.78, 5) is 0. The van der Waals surface area contributed by atoms with E-state index in [0.717, 1.165) is 17.6 Å². The molecule has 0 saturated heterocycles. The normalized spacial score (nSPS) is 11.6. The predicted octanol–water partition coefficient (Wildman–Crippen LogP) is 2.95. The van der Waals surface area contributed by atoms with Crippen LogP contribution in [0.3, 0.4) is 0 Å². The molecule has 0 unspecified atom stereocenters. The Hall–Kier alpha value is -1.00. The van der Waals surface area contributed by atoms with Crippen molar-refractivity contribution in [2.24, 2.45) is 0 Å². The Kier molecular flexibility index (Phi) is 4.83. The number of hydrogen-bond donors (Lipinski definition) is 2. The lowest BCUT2D eigenvalue weighted by molar-refractivity contribution is 0.329. The molecule has 0 aliphatic rings. The molecule has 1 aromatic carbocycles. The van der Waals surface area contributed by atoms with Gasteiger partial charge in [0.15, 0.2) is 11.5 Å². The molecule has 1 rings (SSSR count). The minimum absolute atomic E-state index is 0.0390. The minimum atomic E-state index is 0.0390. The number of aliphatic hydroxyl groups is 1. The summed E-state index contributed by atoms with van der Waals surface area (Å²) in [7, 11) is 1.50. The van der Waals surface area contributed by atoms with Gasteiger partial charge < -0.3 is 14.9 Å². The van der Waals surface area contributed by atoms with Crippen molar-refractivity contribution < 1.29 is 14.9 Å². The van der Waals surface area contributed by atoms with Crippen molar-refractivity contribution in [2.75, 3.05) is 13.7 Å². The van der Waals surface area contributed by atoms with E-state index in [9.17, 15) is 5.11 Å². The Balaban J connectivity index is 3.16. The van der Waals surface area contributed by atoms with Crippen molar-refractivity contribution in [1.29, 1.82) is 0 Å². The number of methoxy groups -OCH3 is 1. The van der Waals surface area contributed by atoms with Crippen LogP contribution >= 0.6 is 15.9 Å². The lowest BCUT2D eigenvalue weighted by Gasteiger charge is -2.07. The topological polar surface area (TPSA) is 49.7 Å². The molecule has 0 saturated carbocycles. The lowest BCUT2D eigenvalue weighted by atomic mass is 10.1. The summed E-state index contributed by atoms with van der Waals surface area (Å²) in [6, 6.07) is 3.51. The molecule has 0 atom stereocenters. The molecule has 0 fully saturated rings. The third-order valence-electron chi connectivity index (χ3n) is 2.30. The van der Waals surface area contributed by atoms with Crippen LogP contribution in [0.2, 0.25) is 0 Å². The average Bonchev–Trinajstić information content (AvgIpc) is 2.30. The first-order valence-corrected chi connectivity index (χ1v) is 5.78. The fourth-order valence-corrected chi connectivity index (χ4v) is 1.79. The van der Waals surface area contributed by atoms with E-state index >= 15 is 0 Å². The number of ether oxygens (including phenoxy) is 1. The van der Waals surface area contributed by atoms with E-state index < -0.39 is 0 Å². The first-order chi connectivity index (χ1) is 7.62. The zero-order valence-electron chi connectivity index (χ0n) is 9.33. The van der Waals surface area contributed by atoms with Crippen LogP contribution in [0, 0.1) is 0 Å². The molecule has 0 heterocycles. The molecule has 2 N–H and O–H groups in total. The van der Waals surface area contributed by atoms with Gasteiger partial charge in [-0.1, -0.05) is 13.0 Å². The molecular formula is C12H15BrO3. The summed E-state index contributed by atoms with van der Waals surface area (Å²) in [5.74, 6) is 0.496. The summed E-state index contributed by atoms with van der Waals surface area (Å²) >= 11 is 3.25. The van der Waals surface area contributed by atoms with Crippen LogP contribution in [0.1, 0.15) is 18.9 Å². The molecule has 16 heavy (non-hydrogen) atoms. The highest BCUT2D eigenvalue weighted by atomic mass is 79.9. The van der Waals surface area contributed by atoms with E-state index in [0.29, 0.717) is 10.2 Å². The first-order valence-electron chi connectivity index (χ1n) is 4.99. The van der Waals surface area contributed by atoms with Gasteiger partial charge in [-0.25, -0.2) is 0 Å². The number of aliphatic hydroxyl groups excluding tert-OH is 1. The van der Waals surface area contributed by atoms with E-state index in [1.807, 2.05) is 13.0 Å². The molecule has 4 heteroatoms. The second kappa shape index (κ2) is 5.92.